The van der Waals surface area contributed by atoms with E-state index in [1.807, 2.05) is 4.90 Å². The molecular formula is C14H19N5OS. The molecular weight excluding hydrogens is 286 g/mol. The molecule has 0 spiro atoms. The molecule has 1 aliphatic rings. The second kappa shape index (κ2) is 5.48. The zero-order valence-corrected chi connectivity index (χ0v) is 13.4. The van der Waals surface area contributed by atoms with Crippen LogP contribution in [0.4, 0.5) is 10.6 Å². The van der Waals surface area contributed by atoms with Crippen molar-refractivity contribution in [2.75, 3.05) is 45.2 Å². The summed E-state index contributed by atoms with van der Waals surface area (Å²) in [5, 5.41) is 1.12. The number of anilines is 1. The maximum Gasteiger partial charge on any atom is 0.319 e. The van der Waals surface area contributed by atoms with Gasteiger partial charge in [-0.1, -0.05) is 0 Å². The third kappa shape index (κ3) is 2.65. The Morgan fingerprint density at radius 2 is 1.95 bits per heavy atom. The lowest BCUT2D eigenvalue weighted by molar-refractivity contribution is 0.168. The molecule has 0 N–H and O–H groups in total. The van der Waals surface area contributed by atoms with Crippen LogP contribution in [0.3, 0.4) is 0 Å². The Hall–Kier alpha value is -1.89. The first-order valence-electron chi connectivity index (χ1n) is 6.98. The van der Waals surface area contributed by atoms with Gasteiger partial charge < -0.3 is 14.7 Å². The molecule has 21 heavy (non-hydrogen) atoms. The van der Waals surface area contributed by atoms with Crippen LogP contribution in [-0.4, -0.2) is 66.1 Å². The minimum absolute atomic E-state index is 0.0777. The van der Waals surface area contributed by atoms with Gasteiger partial charge in [0.25, 0.3) is 0 Å². The predicted octanol–water partition coefficient (Wildman–Crippen LogP) is 1.80. The van der Waals surface area contributed by atoms with Crippen molar-refractivity contribution in [1.82, 2.24) is 19.8 Å². The van der Waals surface area contributed by atoms with Crippen molar-refractivity contribution in [3.8, 4) is 0 Å². The number of aryl methyl sites for hydroxylation is 1. The van der Waals surface area contributed by atoms with Gasteiger partial charge in [-0.2, -0.15) is 0 Å². The average Bonchev–Trinajstić information content (AvgIpc) is 2.86. The smallest absolute Gasteiger partial charge is 0.319 e. The van der Waals surface area contributed by atoms with Gasteiger partial charge in [-0.3, -0.25) is 0 Å². The number of urea groups is 1. The number of aromatic nitrogens is 2. The van der Waals surface area contributed by atoms with Crippen molar-refractivity contribution in [3.63, 3.8) is 0 Å². The summed E-state index contributed by atoms with van der Waals surface area (Å²) in [5.41, 5.74) is 0. The van der Waals surface area contributed by atoms with Gasteiger partial charge in [0.05, 0.1) is 5.39 Å². The van der Waals surface area contributed by atoms with E-state index in [0.717, 1.165) is 42.2 Å². The Labute approximate surface area is 128 Å². The van der Waals surface area contributed by atoms with Crippen LogP contribution in [-0.2, 0) is 0 Å². The minimum Gasteiger partial charge on any atom is -0.352 e. The summed E-state index contributed by atoms with van der Waals surface area (Å²) in [6.45, 7) is 5.16. The van der Waals surface area contributed by atoms with E-state index in [2.05, 4.69) is 27.9 Å². The molecule has 0 aromatic carbocycles. The minimum atomic E-state index is 0.0777. The second-order valence-corrected chi connectivity index (χ2v) is 6.66. The topological polar surface area (TPSA) is 52.6 Å². The SMILES string of the molecule is Cc1cc2c(N3CCN(C(=O)N(C)C)CC3)ncnc2s1. The van der Waals surface area contributed by atoms with Crippen molar-refractivity contribution in [1.29, 1.82) is 0 Å². The highest BCUT2D eigenvalue weighted by molar-refractivity contribution is 7.18. The van der Waals surface area contributed by atoms with Gasteiger partial charge in [0.1, 0.15) is 17.0 Å². The molecule has 3 rings (SSSR count). The van der Waals surface area contributed by atoms with Gasteiger partial charge in [0.15, 0.2) is 0 Å². The van der Waals surface area contributed by atoms with Gasteiger partial charge in [-0.15, -0.1) is 11.3 Å². The monoisotopic (exact) mass is 305 g/mol. The lowest BCUT2D eigenvalue weighted by Crippen LogP contribution is -2.51. The molecule has 2 aromatic rings. The number of fused-ring (bicyclic) bond motifs is 1. The molecule has 7 heteroatoms. The van der Waals surface area contributed by atoms with Crippen LogP contribution in [0.1, 0.15) is 4.88 Å². The molecule has 2 aromatic heterocycles. The van der Waals surface area contributed by atoms with E-state index in [0.29, 0.717) is 0 Å². The van der Waals surface area contributed by atoms with E-state index in [1.165, 1.54) is 4.88 Å². The maximum atomic E-state index is 12.0. The number of nitrogens with zero attached hydrogens (tertiary/aromatic N) is 5. The Morgan fingerprint density at radius 1 is 1.24 bits per heavy atom. The summed E-state index contributed by atoms with van der Waals surface area (Å²) in [7, 11) is 3.58. The molecule has 1 aliphatic heterocycles. The normalized spacial score (nSPS) is 15.6. The lowest BCUT2D eigenvalue weighted by atomic mass is 10.2. The first-order chi connectivity index (χ1) is 10.1. The van der Waals surface area contributed by atoms with E-state index in [-0.39, 0.29) is 6.03 Å². The number of amides is 2. The van der Waals surface area contributed by atoms with E-state index in [9.17, 15) is 4.79 Å². The molecule has 0 aliphatic carbocycles. The third-order valence-electron chi connectivity index (χ3n) is 3.66. The number of carbonyl (C=O) groups excluding carboxylic acids is 1. The summed E-state index contributed by atoms with van der Waals surface area (Å²) >= 11 is 1.69. The van der Waals surface area contributed by atoms with E-state index in [1.54, 1.807) is 36.7 Å². The van der Waals surface area contributed by atoms with Crippen molar-refractivity contribution in [2.24, 2.45) is 0 Å². The highest BCUT2D eigenvalue weighted by atomic mass is 32.1. The van der Waals surface area contributed by atoms with Crippen molar-refractivity contribution < 1.29 is 4.79 Å². The number of piperazine rings is 1. The molecule has 2 amide bonds. The Balaban J connectivity index is 1.78. The Bertz CT molecular complexity index is 660. The van der Waals surface area contributed by atoms with Crippen LogP contribution in [0, 0.1) is 6.92 Å². The molecule has 0 radical (unpaired) electrons. The van der Waals surface area contributed by atoms with Gasteiger partial charge in [0, 0.05) is 45.2 Å². The number of thiophene rings is 1. The van der Waals surface area contributed by atoms with Crippen LogP contribution in [0.2, 0.25) is 0 Å². The van der Waals surface area contributed by atoms with Crippen LogP contribution < -0.4 is 4.90 Å². The van der Waals surface area contributed by atoms with Crippen molar-refractivity contribution in [3.05, 3.63) is 17.3 Å². The number of rotatable bonds is 1. The van der Waals surface area contributed by atoms with Crippen molar-refractivity contribution in [2.45, 2.75) is 6.92 Å². The highest BCUT2D eigenvalue weighted by Gasteiger charge is 2.24. The van der Waals surface area contributed by atoms with Gasteiger partial charge >= 0.3 is 6.03 Å². The molecule has 0 saturated carbocycles. The fourth-order valence-corrected chi connectivity index (χ4v) is 3.45. The standard InChI is InChI=1S/C14H19N5OS/c1-10-8-11-12(15-9-16-13(11)21-10)18-4-6-19(7-5-18)14(20)17(2)3/h8-9H,4-7H2,1-3H3. The largest absolute Gasteiger partial charge is 0.352 e. The maximum absolute atomic E-state index is 12.0. The summed E-state index contributed by atoms with van der Waals surface area (Å²) in [4.78, 5) is 28.8. The lowest BCUT2D eigenvalue weighted by Gasteiger charge is -2.36. The predicted molar refractivity (Wildman–Crippen MR) is 85.0 cm³/mol. The number of hydrogen-bond acceptors (Lipinski definition) is 5. The zero-order chi connectivity index (χ0) is 15.0. The third-order valence-corrected chi connectivity index (χ3v) is 4.62. The first-order valence-corrected chi connectivity index (χ1v) is 7.80. The van der Waals surface area contributed by atoms with Crippen LogP contribution in [0.25, 0.3) is 10.2 Å². The Morgan fingerprint density at radius 3 is 2.62 bits per heavy atom. The molecule has 1 fully saturated rings. The van der Waals surface area contributed by atoms with Gasteiger partial charge in [0.2, 0.25) is 0 Å². The van der Waals surface area contributed by atoms with E-state index < -0.39 is 0 Å². The summed E-state index contributed by atoms with van der Waals surface area (Å²) in [6, 6.07) is 2.22. The van der Waals surface area contributed by atoms with Gasteiger partial charge in [-0.05, 0) is 13.0 Å². The molecule has 3 heterocycles. The quantitative estimate of drug-likeness (QED) is 0.806. The zero-order valence-electron chi connectivity index (χ0n) is 12.5. The average molecular weight is 305 g/mol. The molecule has 0 unspecified atom stereocenters. The van der Waals surface area contributed by atoms with E-state index >= 15 is 0 Å². The summed E-state index contributed by atoms with van der Waals surface area (Å²) in [6.07, 6.45) is 1.63. The first kappa shape index (κ1) is 14.1. The molecule has 0 atom stereocenters. The van der Waals surface area contributed by atoms with Crippen LogP contribution in [0.5, 0.6) is 0 Å². The number of hydrogen-bond donors (Lipinski definition) is 0. The highest BCUT2D eigenvalue weighted by Crippen LogP contribution is 2.30. The molecule has 1 saturated heterocycles. The van der Waals surface area contributed by atoms with Gasteiger partial charge in [-0.25, -0.2) is 14.8 Å². The second-order valence-electron chi connectivity index (χ2n) is 5.42. The molecule has 112 valence electrons. The molecule has 0 bridgehead atoms. The summed E-state index contributed by atoms with van der Waals surface area (Å²) < 4.78 is 0. The fourth-order valence-electron chi connectivity index (χ4n) is 2.61. The van der Waals surface area contributed by atoms with Crippen molar-refractivity contribution >= 4 is 33.4 Å². The summed E-state index contributed by atoms with van der Waals surface area (Å²) in [5.74, 6) is 0.987. The van der Waals surface area contributed by atoms with Crippen LogP contribution >= 0.6 is 11.3 Å². The fraction of sp³-hybridized carbons (Fsp3) is 0.500. The Kier molecular flexibility index (Phi) is 3.67. The molecule has 6 nitrogen and oxygen atoms in total. The van der Waals surface area contributed by atoms with E-state index in [4.69, 9.17) is 0 Å². The number of carbonyl (C=O) groups is 1. The van der Waals surface area contributed by atoms with Crippen LogP contribution in [0.15, 0.2) is 12.4 Å².